The quantitative estimate of drug-likeness (QED) is 0.704. The summed E-state index contributed by atoms with van der Waals surface area (Å²) in [6.45, 7) is 0.0232. The van der Waals surface area contributed by atoms with Gasteiger partial charge in [-0.15, -0.1) is 0 Å². The molecule has 1 heterocycles. The fourth-order valence-electron chi connectivity index (χ4n) is 2.58. The Balaban J connectivity index is 1.55. The molecule has 2 aromatic rings. The minimum atomic E-state index is -0.511. The van der Waals surface area contributed by atoms with Crippen LogP contribution in [-0.4, -0.2) is 40.1 Å². The summed E-state index contributed by atoms with van der Waals surface area (Å²) in [5.41, 5.74) is 1.58. The number of nitrogens with zero attached hydrogens (tertiary/aromatic N) is 1. The van der Waals surface area contributed by atoms with Crippen molar-refractivity contribution >= 4 is 46.5 Å². The maximum absolute atomic E-state index is 12.5. The Morgan fingerprint density at radius 1 is 1.14 bits per heavy atom. The summed E-state index contributed by atoms with van der Waals surface area (Å²) in [6, 6.07) is 13.7. The number of phenols is 1. The monoisotopic (exact) mass is 416 g/mol. The molecule has 3 amide bonds. The third-order valence-electron chi connectivity index (χ3n) is 4.04. The van der Waals surface area contributed by atoms with E-state index in [-0.39, 0.29) is 17.2 Å². The largest absolute Gasteiger partial charge is 0.508 e. The number of halogens is 1. The Labute approximate surface area is 171 Å². The van der Waals surface area contributed by atoms with Gasteiger partial charge in [-0.3, -0.25) is 19.3 Å². The Morgan fingerprint density at radius 2 is 1.86 bits per heavy atom. The van der Waals surface area contributed by atoms with Crippen LogP contribution in [-0.2, 0) is 16.0 Å². The van der Waals surface area contributed by atoms with Crippen LogP contribution in [0, 0.1) is 0 Å². The normalized spacial score (nSPS) is 15.3. The molecule has 0 aliphatic carbocycles. The highest BCUT2D eigenvalue weighted by molar-refractivity contribution is 8.18. The molecule has 6 nitrogen and oxygen atoms in total. The van der Waals surface area contributed by atoms with Crippen LogP contribution in [0.5, 0.6) is 5.75 Å². The van der Waals surface area contributed by atoms with Crippen LogP contribution in [0.1, 0.15) is 11.1 Å². The summed E-state index contributed by atoms with van der Waals surface area (Å²) < 4.78 is 0. The number of benzene rings is 2. The molecule has 0 spiro atoms. The number of amides is 3. The van der Waals surface area contributed by atoms with Gasteiger partial charge < -0.3 is 10.4 Å². The summed E-state index contributed by atoms with van der Waals surface area (Å²) >= 11 is 6.87. The highest BCUT2D eigenvalue weighted by Crippen LogP contribution is 2.33. The van der Waals surface area contributed by atoms with E-state index in [1.807, 2.05) is 0 Å². The zero-order valence-electron chi connectivity index (χ0n) is 14.7. The topological polar surface area (TPSA) is 86.7 Å². The van der Waals surface area contributed by atoms with Crippen LogP contribution < -0.4 is 5.32 Å². The van der Waals surface area contributed by atoms with Crippen LogP contribution in [0.15, 0.2) is 53.4 Å². The third-order valence-corrected chi connectivity index (χ3v) is 5.29. The van der Waals surface area contributed by atoms with E-state index in [0.29, 0.717) is 23.6 Å². The molecule has 2 aromatic carbocycles. The van der Waals surface area contributed by atoms with E-state index in [1.54, 1.807) is 54.6 Å². The number of rotatable bonds is 6. The number of nitrogens with one attached hydrogen (secondary N) is 1. The number of phenolic OH excluding ortho intramolecular Hbond substituents is 1. The number of thioether (sulfide) groups is 1. The molecule has 1 saturated heterocycles. The molecule has 144 valence electrons. The minimum Gasteiger partial charge on any atom is -0.508 e. The molecule has 3 rings (SSSR count). The SMILES string of the molecule is O=C(CN1C(=O)SC(=Cc2ccccc2Cl)C1=O)NCCc1ccc(O)cc1. The smallest absolute Gasteiger partial charge is 0.294 e. The molecule has 1 aliphatic heterocycles. The summed E-state index contributed by atoms with van der Waals surface area (Å²) in [4.78, 5) is 37.8. The van der Waals surface area contributed by atoms with Crippen molar-refractivity contribution in [2.24, 2.45) is 0 Å². The van der Waals surface area contributed by atoms with Crippen LogP contribution in [0.3, 0.4) is 0 Å². The summed E-state index contributed by atoms with van der Waals surface area (Å²) in [7, 11) is 0. The standard InChI is InChI=1S/C20H17ClN2O4S/c21-16-4-2-1-3-14(16)11-17-19(26)23(20(27)28-17)12-18(25)22-10-9-13-5-7-15(24)8-6-13/h1-8,11,24H,9-10,12H2,(H,22,25). The molecule has 1 aliphatic rings. The molecule has 0 bridgehead atoms. The predicted molar refractivity (Wildman–Crippen MR) is 109 cm³/mol. The highest BCUT2D eigenvalue weighted by atomic mass is 35.5. The van der Waals surface area contributed by atoms with Crippen molar-refractivity contribution in [2.75, 3.05) is 13.1 Å². The van der Waals surface area contributed by atoms with E-state index in [1.165, 1.54) is 0 Å². The first kappa shape index (κ1) is 20.0. The van der Waals surface area contributed by atoms with Crippen LogP contribution >= 0.6 is 23.4 Å². The average Bonchev–Trinajstić information content (AvgIpc) is 2.93. The maximum Gasteiger partial charge on any atom is 0.294 e. The van der Waals surface area contributed by atoms with Crippen molar-refractivity contribution in [3.63, 3.8) is 0 Å². The van der Waals surface area contributed by atoms with E-state index in [4.69, 9.17) is 11.6 Å². The molecule has 0 aromatic heterocycles. The molecular formula is C20H17ClN2O4S. The number of carbonyl (C=O) groups excluding carboxylic acids is 3. The second kappa shape index (κ2) is 8.95. The summed E-state index contributed by atoms with van der Waals surface area (Å²) in [5, 5.41) is 11.9. The zero-order chi connectivity index (χ0) is 20.1. The van der Waals surface area contributed by atoms with Gasteiger partial charge in [0.25, 0.3) is 11.1 Å². The lowest BCUT2D eigenvalue weighted by molar-refractivity contribution is -0.129. The van der Waals surface area contributed by atoms with E-state index >= 15 is 0 Å². The summed E-state index contributed by atoms with van der Waals surface area (Å²) in [5.74, 6) is -0.749. The van der Waals surface area contributed by atoms with Gasteiger partial charge >= 0.3 is 0 Å². The average molecular weight is 417 g/mol. The zero-order valence-corrected chi connectivity index (χ0v) is 16.3. The lowest BCUT2D eigenvalue weighted by Gasteiger charge is -2.12. The fraction of sp³-hybridized carbons (Fsp3) is 0.150. The maximum atomic E-state index is 12.5. The lowest BCUT2D eigenvalue weighted by Crippen LogP contribution is -2.40. The number of hydrogen-bond acceptors (Lipinski definition) is 5. The Morgan fingerprint density at radius 3 is 2.57 bits per heavy atom. The Bertz CT molecular complexity index is 943. The molecule has 2 N–H and O–H groups in total. The number of carbonyl (C=O) groups is 3. The second-order valence-corrected chi connectivity index (χ2v) is 7.46. The summed E-state index contributed by atoms with van der Waals surface area (Å²) in [6.07, 6.45) is 2.12. The first-order valence-electron chi connectivity index (χ1n) is 8.48. The molecule has 0 radical (unpaired) electrons. The van der Waals surface area contributed by atoms with Gasteiger partial charge in [0.15, 0.2) is 0 Å². The van der Waals surface area contributed by atoms with Gasteiger partial charge in [0.1, 0.15) is 12.3 Å². The predicted octanol–water partition coefficient (Wildman–Crippen LogP) is 3.44. The van der Waals surface area contributed by atoms with Crippen molar-refractivity contribution in [3.05, 3.63) is 69.6 Å². The number of aromatic hydroxyl groups is 1. The van der Waals surface area contributed by atoms with Crippen molar-refractivity contribution in [3.8, 4) is 5.75 Å². The first-order valence-corrected chi connectivity index (χ1v) is 9.68. The van der Waals surface area contributed by atoms with Crippen molar-refractivity contribution in [1.82, 2.24) is 10.2 Å². The van der Waals surface area contributed by atoms with Gasteiger partial charge in [0.05, 0.1) is 4.91 Å². The van der Waals surface area contributed by atoms with Gasteiger partial charge in [-0.25, -0.2) is 0 Å². The van der Waals surface area contributed by atoms with E-state index in [2.05, 4.69) is 5.32 Å². The van der Waals surface area contributed by atoms with Gasteiger partial charge in [-0.05, 0) is 53.6 Å². The minimum absolute atomic E-state index is 0.178. The third kappa shape index (κ3) is 4.94. The van der Waals surface area contributed by atoms with Crippen molar-refractivity contribution < 1.29 is 19.5 Å². The molecule has 0 atom stereocenters. The van der Waals surface area contributed by atoms with E-state index < -0.39 is 17.1 Å². The Kier molecular flexibility index (Phi) is 6.38. The first-order chi connectivity index (χ1) is 13.4. The fourth-order valence-corrected chi connectivity index (χ4v) is 3.60. The van der Waals surface area contributed by atoms with E-state index in [9.17, 15) is 19.5 Å². The molecule has 0 unspecified atom stereocenters. The molecule has 8 heteroatoms. The van der Waals surface area contributed by atoms with Gasteiger partial charge in [0.2, 0.25) is 5.91 Å². The van der Waals surface area contributed by atoms with Crippen LogP contribution in [0.4, 0.5) is 4.79 Å². The van der Waals surface area contributed by atoms with E-state index in [0.717, 1.165) is 22.2 Å². The molecular weight excluding hydrogens is 400 g/mol. The van der Waals surface area contributed by atoms with Gasteiger partial charge in [0, 0.05) is 11.6 Å². The number of imide groups is 1. The van der Waals surface area contributed by atoms with Crippen molar-refractivity contribution in [1.29, 1.82) is 0 Å². The van der Waals surface area contributed by atoms with Gasteiger partial charge in [-0.2, -0.15) is 0 Å². The van der Waals surface area contributed by atoms with Crippen LogP contribution in [0.25, 0.3) is 6.08 Å². The highest BCUT2D eigenvalue weighted by Gasteiger charge is 2.36. The molecule has 28 heavy (non-hydrogen) atoms. The second-order valence-electron chi connectivity index (χ2n) is 6.06. The van der Waals surface area contributed by atoms with Crippen molar-refractivity contribution in [2.45, 2.75) is 6.42 Å². The molecule has 1 fully saturated rings. The van der Waals surface area contributed by atoms with Gasteiger partial charge in [-0.1, -0.05) is 41.9 Å². The molecule has 0 saturated carbocycles. The Hall–Kier alpha value is -2.77. The van der Waals surface area contributed by atoms with Crippen LogP contribution in [0.2, 0.25) is 5.02 Å². The number of hydrogen-bond donors (Lipinski definition) is 2. The lowest BCUT2D eigenvalue weighted by atomic mass is 10.1.